The Morgan fingerprint density at radius 1 is 1.00 bits per heavy atom. The summed E-state index contributed by atoms with van der Waals surface area (Å²) in [5, 5.41) is 0. The molecule has 1 aromatic rings. The molecule has 16 heavy (non-hydrogen) atoms. The minimum absolute atomic E-state index is 0.853. The van der Waals surface area contributed by atoms with Gasteiger partial charge < -0.3 is 13.3 Å². The molecule has 0 fully saturated rings. The van der Waals surface area contributed by atoms with Gasteiger partial charge in [-0.25, -0.2) is 0 Å². The molecule has 0 spiro atoms. The summed E-state index contributed by atoms with van der Waals surface area (Å²) < 4.78 is 15.8. The van der Waals surface area contributed by atoms with Gasteiger partial charge in [0.2, 0.25) is 0 Å². The first-order valence-corrected chi connectivity index (χ1v) is 6.93. The zero-order chi connectivity index (χ0) is 11.9. The summed E-state index contributed by atoms with van der Waals surface area (Å²) >= 11 is 0. The fourth-order valence-corrected chi connectivity index (χ4v) is 2.72. The first-order chi connectivity index (χ1) is 7.76. The minimum Gasteiger partial charge on any atom is -0.374 e. The van der Waals surface area contributed by atoms with Crippen LogP contribution in [0.2, 0.25) is 0 Å². The second kappa shape index (κ2) is 6.60. The average Bonchev–Trinajstić information content (AvgIpc) is 2.37. The molecule has 1 rings (SSSR count). The van der Waals surface area contributed by atoms with Crippen LogP contribution < -0.4 is 0 Å². The van der Waals surface area contributed by atoms with Crippen LogP contribution in [0.1, 0.15) is 5.56 Å². The lowest BCUT2D eigenvalue weighted by Crippen LogP contribution is -2.40. The number of allylic oxidation sites excluding steroid dienone is 1. The van der Waals surface area contributed by atoms with Gasteiger partial charge in [0.1, 0.15) is 0 Å². The van der Waals surface area contributed by atoms with E-state index in [0.29, 0.717) is 0 Å². The van der Waals surface area contributed by atoms with E-state index in [4.69, 9.17) is 13.3 Å². The molecule has 4 heteroatoms. The SMILES string of the molecule is CO[Si](C=CCc1ccccc1)(OC)OC. The predicted molar refractivity (Wildman–Crippen MR) is 66.1 cm³/mol. The molecule has 0 aromatic heterocycles. The first-order valence-electron chi connectivity index (χ1n) is 5.13. The molecule has 0 bridgehead atoms. The largest absolute Gasteiger partial charge is 0.528 e. The fourth-order valence-electron chi connectivity index (χ4n) is 1.41. The molecule has 0 radical (unpaired) electrons. The summed E-state index contributed by atoms with van der Waals surface area (Å²) in [7, 11) is 2.26. The molecule has 0 aliphatic heterocycles. The number of hydrogen-bond donors (Lipinski definition) is 0. The van der Waals surface area contributed by atoms with E-state index in [0.717, 1.165) is 6.42 Å². The van der Waals surface area contributed by atoms with Crippen LogP contribution in [0.5, 0.6) is 0 Å². The molecule has 0 unspecified atom stereocenters. The summed E-state index contributed by atoms with van der Waals surface area (Å²) in [6.45, 7) is 0. The molecule has 0 aliphatic carbocycles. The van der Waals surface area contributed by atoms with Crippen molar-refractivity contribution in [3.05, 3.63) is 47.7 Å². The lowest BCUT2D eigenvalue weighted by Gasteiger charge is -2.20. The standard InChI is InChI=1S/C12H18O3Si/c1-13-16(14-2,15-3)11-7-10-12-8-5-4-6-9-12/h4-9,11H,10H2,1-3H3. The maximum Gasteiger partial charge on any atom is 0.528 e. The molecular formula is C12H18O3Si. The normalized spacial score (nSPS) is 12.2. The van der Waals surface area contributed by atoms with Crippen LogP contribution in [0.4, 0.5) is 0 Å². The number of benzene rings is 1. The minimum atomic E-state index is -2.55. The molecule has 0 heterocycles. The molecule has 88 valence electrons. The van der Waals surface area contributed by atoms with Gasteiger partial charge in [-0.15, -0.1) is 0 Å². The van der Waals surface area contributed by atoms with Crippen molar-refractivity contribution >= 4 is 8.80 Å². The van der Waals surface area contributed by atoms with E-state index in [1.807, 2.05) is 30.0 Å². The summed E-state index contributed by atoms with van der Waals surface area (Å²) in [5.41, 5.74) is 3.16. The van der Waals surface area contributed by atoms with Crippen molar-refractivity contribution in [3.63, 3.8) is 0 Å². The average molecular weight is 238 g/mol. The van der Waals surface area contributed by atoms with Gasteiger partial charge in [0.05, 0.1) is 0 Å². The van der Waals surface area contributed by atoms with Crippen molar-refractivity contribution in [2.45, 2.75) is 6.42 Å². The third-order valence-electron chi connectivity index (χ3n) is 2.37. The van der Waals surface area contributed by atoms with E-state index in [1.54, 1.807) is 21.3 Å². The maximum absolute atomic E-state index is 5.28. The Hall–Kier alpha value is -0.943. The van der Waals surface area contributed by atoms with E-state index in [1.165, 1.54) is 5.56 Å². The van der Waals surface area contributed by atoms with Gasteiger partial charge in [-0.05, 0) is 17.7 Å². The van der Waals surface area contributed by atoms with Crippen LogP contribution >= 0.6 is 0 Å². The highest BCUT2D eigenvalue weighted by Gasteiger charge is 2.34. The Morgan fingerprint density at radius 3 is 2.06 bits per heavy atom. The van der Waals surface area contributed by atoms with Crippen LogP contribution in [0.15, 0.2) is 42.1 Å². The summed E-state index contributed by atoms with van der Waals surface area (Å²) in [4.78, 5) is 0. The third-order valence-corrected chi connectivity index (χ3v) is 4.72. The first kappa shape index (κ1) is 13.1. The van der Waals surface area contributed by atoms with Gasteiger partial charge in [-0.2, -0.15) is 0 Å². The van der Waals surface area contributed by atoms with Crippen LogP contribution in [0.25, 0.3) is 0 Å². The molecule has 0 saturated heterocycles. The Bertz CT molecular complexity index is 312. The Balaban J connectivity index is 2.59. The maximum atomic E-state index is 5.28. The molecule has 3 nitrogen and oxygen atoms in total. The lowest BCUT2D eigenvalue weighted by molar-refractivity contribution is 0.138. The molecule has 0 atom stereocenters. The Kier molecular flexibility index (Phi) is 5.41. The van der Waals surface area contributed by atoms with Crippen LogP contribution in [0.3, 0.4) is 0 Å². The lowest BCUT2D eigenvalue weighted by atomic mass is 10.2. The van der Waals surface area contributed by atoms with E-state index in [2.05, 4.69) is 12.1 Å². The smallest absolute Gasteiger partial charge is 0.374 e. The van der Waals surface area contributed by atoms with Crippen molar-refractivity contribution < 1.29 is 13.3 Å². The number of rotatable bonds is 6. The van der Waals surface area contributed by atoms with Crippen molar-refractivity contribution in [2.75, 3.05) is 21.3 Å². The van der Waals surface area contributed by atoms with Gasteiger partial charge in [0.25, 0.3) is 0 Å². The molecular weight excluding hydrogens is 220 g/mol. The Labute approximate surface area is 98.0 Å². The fraction of sp³-hybridized carbons (Fsp3) is 0.333. The van der Waals surface area contributed by atoms with Gasteiger partial charge in [-0.3, -0.25) is 0 Å². The molecule has 0 aliphatic rings. The van der Waals surface area contributed by atoms with Crippen molar-refractivity contribution in [2.24, 2.45) is 0 Å². The van der Waals surface area contributed by atoms with Gasteiger partial charge >= 0.3 is 8.80 Å². The zero-order valence-corrected chi connectivity index (χ0v) is 11.0. The predicted octanol–water partition coefficient (Wildman–Crippen LogP) is 2.20. The number of hydrogen-bond acceptors (Lipinski definition) is 3. The second-order valence-electron chi connectivity index (χ2n) is 3.31. The van der Waals surface area contributed by atoms with E-state index in [9.17, 15) is 0 Å². The van der Waals surface area contributed by atoms with Crippen molar-refractivity contribution in [1.82, 2.24) is 0 Å². The second-order valence-corrected chi connectivity index (χ2v) is 6.07. The summed E-state index contributed by atoms with van der Waals surface area (Å²) in [6, 6.07) is 10.2. The van der Waals surface area contributed by atoms with Crippen LogP contribution in [-0.2, 0) is 19.7 Å². The monoisotopic (exact) mass is 238 g/mol. The van der Waals surface area contributed by atoms with Gasteiger partial charge in [-0.1, -0.05) is 36.4 Å². The van der Waals surface area contributed by atoms with Crippen molar-refractivity contribution in [3.8, 4) is 0 Å². The Morgan fingerprint density at radius 2 is 1.56 bits per heavy atom. The quantitative estimate of drug-likeness (QED) is 0.711. The zero-order valence-electron chi connectivity index (χ0n) is 9.97. The molecule has 0 saturated carbocycles. The van der Waals surface area contributed by atoms with E-state index in [-0.39, 0.29) is 0 Å². The summed E-state index contributed by atoms with van der Waals surface area (Å²) in [5.74, 6) is 0. The topological polar surface area (TPSA) is 27.7 Å². The van der Waals surface area contributed by atoms with Crippen LogP contribution in [0, 0.1) is 0 Å². The molecule has 0 amide bonds. The highest BCUT2D eigenvalue weighted by Crippen LogP contribution is 2.09. The summed E-state index contributed by atoms with van der Waals surface area (Å²) in [6.07, 6.45) is 2.88. The van der Waals surface area contributed by atoms with E-state index < -0.39 is 8.80 Å². The highest BCUT2D eigenvalue weighted by atomic mass is 28.4. The third kappa shape index (κ3) is 3.57. The van der Waals surface area contributed by atoms with Crippen LogP contribution in [-0.4, -0.2) is 30.1 Å². The highest BCUT2D eigenvalue weighted by molar-refractivity contribution is 6.66. The molecule has 1 aromatic carbocycles. The molecule has 0 N–H and O–H groups in total. The van der Waals surface area contributed by atoms with E-state index >= 15 is 0 Å². The van der Waals surface area contributed by atoms with Gasteiger partial charge in [0.15, 0.2) is 0 Å². The van der Waals surface area contributed by atoms with Gasteiger partial charge in [0, 0.05) is 21.3 Å². The van der Waals surface area contributed by atoms with Crippen molar-refractivity contribution in [1.29, 1.82) is 0 Å².